The van der Waals surface area contributed by atoms with Gasteiger partial charge in [0.05, 0.1) is 13.7 Å². The molecule has 0 radical (unpaired) electrons. The van der Waals surface area contributed by atoms with Crippen LogP contribution in [0.25, 0.3) is 0 Å². The Morgan fingerprint density at radius 3 is 2.41 bits per heavy atom. The largest absolute Gasteiger partial charge is 0.495 e. The first kappa shape index (κ1) is 22.9. The number of ether oxygens (including phenoxy) is 2. The second-order valence-electron chi connectivity index (χ2n) is 6.88. The first-order chi connectivity index (χ1) is 13.8. The summed E-state index contributed by atoms with van der Waals surface area (Å²) >= 11 is 0. The highest BCUT2D eigenvalue weighted by atomic mass is 32.2. The van der Waals surface area contributed by atoms with Gasteiger partial charge in [-0.3, -0.25) is 4.79 Å². The van der Waals surface area contributed by atoms with Crippen molar-refractivity contribution >= 4 is 15.9 Å². The Morgan fingerprint density at radius 2 is 1.79 bits per heavy atom. The van der Waals surface area contributed by atoms with E-state index < -0.39 is 22.0 Å². The van der Waals surface area contributed by atoms with Crippen molar-refractivity contribution in [2.24, 2.45) is 0 Å². The lowest BCUT2D eigenvalue weighted by Crippen LogP contribution is -2.50. The second-order valence-corrected chi connectivity index (χ2v) is 8.57. The number of rotatable bonds is 10. The minimum absolute atomic E-state index is 0.00389. The fraction of sp³-hybridized carbons (Fsp3) is 0.381. The predicted octanol–water partition coefficient (Wildman–Crippen LogP) is 2.04. The Kier molecular flexibility index (Phi) is 8.19. The van der Waals surface area contributed by atoms with Gasteiger partial charge in [0.15, 0.2) is 0 Å². The maximum Gasteiger partial charge on any atom is 0.244 e. The van der Waals surface area contributed by atoms with Crippen molar-refractivity contribution in [2.45, 2.75) is 37.2 Å². The minimum Gasteiger partial charge on any atom is -0.495 e. The van der Waals surface area contributed by atoms with Crippen LogP contribution >= 0.6 is 0 Å². The zero-order chi connectivity index (χ0) is 21.4. The summed E-state index contributed by atoms with van der Waals surface area (Å²) in [5.41, 5.74) is 1.61. The highest BCUT2D eigenvalue weighted by Gasteiger charge is 2.29. The Bertz CT molecular complexity index is 916. The molecule has 1 amide bonds. The van der Waals surface area contributed by atoms with Gasteiger partial charge in [-0.1, -0.05) is 36.4 Å². The van der Waals surface area contributed by atoms with E-state index in [0.717, 1.165) is 11.1 Å². The summed E-state index contributed by atoms with van der Waals surface area (Å²) in [6.45, 7) is 3.90. The third kappa shape index (κ3) is 6.56. The van der Waals surface area contributed by atoms with Crippen molar-refractivity contribution in [3.05, 3.63) is 59.7 Å². The third-order valence-electron chi connectivity index (χ3n) is 4.31. The molecule has 0 heterocycles. The van der Waals surface area contributed by atoms with Crippen LogP contribution in [0.1, 0.15) is 18.1 Å². The number of amides is 1. The highest BCUT2D eigenvalue weighted by Crippen LogP contribution is 2.25. The van der Waals surface area contributed by atoms with Gasteiger partial charge in [0.2, 0.25) is 15.9 Å². The Hall–Kier alpha value is -2.42. The summed E-state index contributed by atoms with van der Waals surface area (Å²) in [7, 11) is -1.06. The van der Waals surface area contributed by atoms with E-state index in [2.05, 4.69) is 10.0 Å². The lowest BCUT2D eigenvalue weighted by atomic mass is 10.1. The fourth-order valence-corrected chi connectivity index (χ4v) is 4.37. The number of sulfonamides is 1. The molecule has 2 N–H and O–H groups in total. The molecule has 158 valence electrons. The molecule has 0 unspecified atom stereocenters. The average Bonchev–Trinajstić information content (AvgIpc) is 2.68. The zero-order valence-corrected chi connectivity index (χ0v) is 18.0. The van der Waals surface area contributed by atoms with Gasteiger partial charge < -0.3 is 14.8 Å². The van der Waals surface area contributed by atoms with E-state index in [1.807, 2.05) is 30.3 Å². The van der Waals surface area contributed by atoms with Crippen molar-refractivity contribution in [1.82, 2.24) is 10.0 Å². The first-order valence-electron chi connectivity index (χ1n) is 9.27. The van der Waals surface area contributed by atoms with Crippen LogP contribution in [0.4, 0.5) is 0 Å². The molecule has 2 rings (SSSR count). The molecule has 2 aromatic rings. The molecule has 8 heteroatoms. The van der Waals surface area contributed by atoms with Gasteiger partial charge >= 0.3 is 0 Å². The minimum atomic E-state index is -4.01. The number of nitrogens with one attached hydrogen (secondary N) is 2. The van der Waals surface area contributed by atoms with Gasteiger partial charge in [-0.2, -0.15) is 4.72 Å². The van der Waals surface area contributed by atoms with E-state index in [1.165, 1.54) is 20.3 Å². The molecule has 0 aliphatic heterocycles. The zero-order valence-electron chi connectivity index (χ0n) is 17.1. The number of methoxy groups -OCH3 is 2. The van der Waals surface area contributed by atoms with Gasteiger partial charge in [-0.25, -0.2) is 8.42 Å². The van der Waals surface area contributed by atoms with Crippen LogP contribution < -0.4 is 14.8 Å². The molecule has 0 aliphatic rings. The van der Waals surface area contributed by atoms with E-state index in [-0.39, 0.29) is 23.1 Å². The summed E-state index contributed by atoms with van der Waals surface area (Å²) < 4.78 is 39.0. The van der Waals surface area contributed by atoms with Crippen molar-refractivity contribution < 1.29 is 22.7 Å². The Labute approximate surface area is 172 Å². The number of benzene rings is 2. The van der Waals surface area contributed by atoms with Crippen LogP contribution in [-0.2, 0) is 26.0 Å². The van der Waals surface area contributed by atoms with Gasteiger partial charge in [-0.15, -0.1) is 0 Å². The molecular formula is C21H28N2O5S. The van der Waals surface area contributed by atoms with Crippen LogP contribution in [0, 0.1) is 6.92 Å². The van der Waals surface area contributed by atoms with Gasteiger partial charge in [0, 0.05) is 13.2 Å². The van der Waals surface area contributed by atoms with E-state index in [1.54, 1.807) is 26.0 Å². The predicted molar refractivity (Wildman–Crippen MR) is 111 cm³/mol. The van der Waals surface area contributed by atoms with Crippen molar-refractivity contribution in [2.75, 3.05) is 20.8 Å². The number of hydrogen-bond acceptors (Lipinski definition) is 5. The van der Waals surface area contributed by atoms with E-state index in [9.17, 15) is 13.2 Å². The lowest BCUT2D eigenvalue weighted by Gasteiger charge is -2.22. The van der Waals surface area contributed by atoms with E-state index >= 15 is 0 Å². The molecule has 0 aliphatic carbocycles. The highest BCUT2D eigenvalue weighted by molar-refractivity contribution is 7.89. The molecule has 0 aromatic heterocycles. The molecule has 2 atom stereocenters. The van der Waals surface area contributed by atoms with Crippen LogP contribution in [0.5, 0.6) is 5.75 Å². The summed E-state index contributed by atoms with van der Waals surface area (Å²) in [4.78, 5) is 12.8. The van der Waals surface area contributed by atoms with Gasteiger partial charge in [0.25, 0.3) is 0 Å². The summed E-state index contributed by atoms with van der Waals surface area (Å²) in [5.74, 6) is -0.205. The van der Waals surface area contributed by atoms with Crippen LogP contribution in [0.15, 0.2) is 53.4 Å². The summed E-state index contributed by atoms with van der Waals surface area (Å²) in [6, 6.07) is 12.9. The molecule has 29 heavy (non-hydrogen) atoms. The lowest BCUT2D eigenvalue weighted by molar-refractivity contribution is -0.123. The van der Waals surface area contributed by atoms with Crippen LogP contribution in [-0.4, -0.2) is 47.2 Å². The second kappa shape index (κ2) is 10.4. The maximum atomic E-state index is 13.1. The molecule has 7 nitrogen and oxygen atoms in total. The first-order valence-corrected chi connectivity index (χ1v) is 10.8. The fourth-order valence-electron chi connectivity index (χ4n) is 2.92. The molecule has 0 saturated heterocycles. The van der Waals surface area contributed by atoms with Gasteiger partial charge in [-0.05, 0) is 43.5 Å². The number of carbonyl (C=O) groups excluding carboxylic acids is 1. The molecular weight excluding hydrogens is 392 g/mol. The normalized spacial score (nSPS) is 13.5. The van der Waals surface area contributed by atoms with Crippen molar-refractivity contribution in [3.8, 4) is 5.75 Å². The standard InChI is InChI=1S/C21H28N2O5S/c1-15-10-11-19(28-4)20(12-15)29(25,26)23-18(13-17-8-6-5-7-9-17)21(24)22-16(2)14-27-3/h5-12,16,18,23H,13-14H2,1-4H3,(H,22,24)/t16-,18-/m0/s1. The number of hydrogen-bond donors (Lipinski definition) is 2. The number of aryl methyl sites for hydroxylation is 1. The maximum absolute atomic E-state index is 13.1. The van der Waals surface area contributed by atoms with E-state index in [0.29, 0.717) is 6.61 Å². The van der Waals surface area contributed by atoms with E-state index in [4.69, 9.17) is 9.47 Å². The molecule has 2 aromatic carbocycles. The van der Waals surface area contributed by atoms with Crippen LogP contribution in [0.2, 0.25) is 0 Å². The van der Waals surface area contributed by atoms with Gasteiger partial charge in [0.1, 0.15) is 16.7 Å². The Morgan fingerprint density at radius 1 is 1.10 bits per heavy atom. The topological polar surface area (TPSA) is 93.7 Å². The quantitative estimate of drug-likeness (QED) is 0.614. The molecule has 0 saturated carbocycles. The smallest absolute Gasteiger partial charge is 0.244 e. The third-order valence-corrected chi connectivity index (χ3v) is 5.80. The SMILES string of the molecule is COC[C@H](C)NC(=O)[C@H](Cc1ccccc1)NS(=O)(=O)c1cc(C)ccc1OC. The van der Waals surface area contributed by atoms with Crippen molar-refractivity contribution in [1.29, 1.82) is 0 Å². The monoisotopic (exact) mass is 420 g/mol. The average molecular weight is 421 g/mol. The molecule has 0 fully saturated rings. The van der Waals surface area contributed by atoms with Crippen molar-refractivity contribution in [3.63, 3.8) is 0 Å². The van der Waals surface area contributed by atoms with Crippen LogP contribution in [0.3, 0.4) is 0 Å². The molecule has 0 spiro atoms. The summed E-state index contributed by atoms with van der Waals surface area (Å²) in [5, 5.41) is 2.79. The number of carbonyl (C=O) groups is 1. The summed E-state index contributed by atoms with van der Waals surface area (Å²) in [6.07, 6.45) is 0.208. The Balaban J connectivity index is 2.32. The molecule has 0 bridgehead atoms.